The number of nitrogens with zero attached hydrogens (tertiary/aromatic N) is 3. The average Bonchev–Trinajstić information content (AvgIpc) is 2.72. The van der Waals surface area contributed by atoms with Crippen LogP contribution in [0.2, 0.25) is 0 Å². The summed E-state index contributed by atoms with van der Waals surface area (Å²) in [5, 5.41) is 4.15. The van der Waals surface area contributed by atoms with E-state index < -0.39 is 0 Å². The maximum Gasteiger partial charge on any atom is 0.252 e. The Balaban J connectivity index is 1.77. The van der Waals surface area contributed by atoms with Crippen molar-refractivity contribution in [3.8, 4) is 0 Å². The van der Waals surface area contributed by atoms with E-state index in [0.717, 1.165) is 23.1 Å². The molecule has 140 valence electrons. The van der Waals surface area contributed by atoms with Crippen LogP contribution in [0.5, 0.6) is 0 Å². The molecule has 1 aromatic carbocycles. The molecule has 27 heavy (non-hydrogen) atoms. The summed E-state index contributed by atoms with van der Waals surface area (Å²) in [5.74, 6) is 1.07. The third-order valence-corrected chi connectivity index (χ3v) is 5.64. The van der Waals surface area contributed by atoms with Crippen LogP contribution < -0.4 is 10.9 Å². The molecule has 0 aliphatic heterocycles. The van der Waals surface area contributed by atoms with Crippen molar-refractivity contribution in [2.75, 3.05) is 5.32 Å². The van der Waals surface area contributed by atoms with E-state index >= 15 is 0 Å². The van der Waals surface area contributed by atoms with Gasteiger partial charge in [0.2, 0.25) is 5.95 Å². The van der Waals surface area contributed by atoms with Gasteiger partial charge in [-0.15, -0.1) is 0 Å². The SMILES string of the molecule is CCC(C1CCCCC1)n1c(=O)ccc2cnc(Nc3ccccc3)nc21. The highest BCUT2D eigenvalue weighted by atomic mass is 16.1. The number of anilines is 2. The Morgan fingerprint density at radius 1 is 1.11 bits per heavy atom. The van der Waals surface area contributed by atoms with Gasteiger partial charge in [-0.25, -0.2) is 4.98 Å². The molecule has 2 aromatic heterocycles. The third-order valence-electron chi connectivity index (χ3n) is 5.64. The molecule has 2 heterocycles. The number of para-hydroxylation sites is 1. The maximum atomic E-state index is 12.8. The van der Waals surface area contributed by atoms with Gasteiger partial charge in [0, 0.05) is 29.4 Å². The fraction of sp³-hybridized carbons (Fsp3) is 0.409. The van der Waals surface area contributed by atoms with Crippen molar-refractivity contribution in [1.29, 1.82) is 0 Å². The van der Waals surface area contributed by atoms with Gasteiger partial charge in [-0.2, -0.15) is 4.98 Å². The first-order valence-electron chi connectivity index (χ1n) is 9.96. The summed E-state index contributed by atoms with van der Waals surface area (Å²) >= 11 is 0. The normalized spacial score (nSPS) is 16.3. The highest BCUT2D eigenvalue weighted by Crippen LogP contribution is 2.35. The van der Waals surface area contributed by atoms with Crippen LogP contribution >= 0.6 is 0 Å². The fourth-order valence-corrected chi connectivity index (χ4v) is 4.32. The van der Waals surface area contributed by atoms with Gasteiger partial charge < -0.3 is 5.32 Å². The standard InChI is InChI=1S/C22H26N4O/c1-2-19(16-9-5-3-6-10-16)26-20(27)14-13-17-15-23-22(25-21(17)26)24-18-11-7-4-8-12-18/h4,7-8,11-16,19H,2-3,5-6,9-10H2,1H3,(H,23,24,25). The van der Waals surface area contributed by atoms with Crippen LogP contribution in [0.25, 0.3) is 11.0 Å². The van der Waals surface area contributed by atoms with Crippen molar-refractivity contribution in [3.05, 3.63) is 59.0 Å². The monoisotopic (exact) mass is 362 g/mol. The Morgan fingerprint density at radius 3 is 2.63 bits per heavy atom. The van der Waals surface area contributed by atoms with Crippen LogP contribution in [0.3, 0.4) is 0 Å². The summed E-state index contributed by atoms with van der Waals surface area (Å²) in [6.45, 7) is 2.18. The number of hydrogen-bond donors (Lipinski definition) is 1. The van der Waals surface area contributed by atoms with Gasteiger partial charge in [-0.3, -0.25) is 9.36 Å². The number of nitrogens with one attached hydrogen (secondary N) is 1. The molecule has 1 aliphatic carbocycles. The highest BCUT2D eigenvalue weighted by Gasteiger charge is 2.26. The first kappa shape index (κ1) is 17.7. The number of hydrogen-bond acceptors (Lipinski definition) is 4. The number of rotatable bonds is 5. The Hall–Kier alpha value is -2.69. The second kappa shape index (κ2) is 7.91. The summed E-state index contributed by atoms with van der Waals surface area (Å²) < 4.78 is 1.92. The van der Waals surface area contributed by atoms with Crippen LogP contribution in [0, 0.1) is 5.92 Å². The third kappa shape index (κ3) is 3.72. The lowest BCUT2D eigenvalue weighted by Crippen LogP contribution is -2.30. The molecule has 5 heteroatoms. The van der Waals surface area contributed by atoms with Gasteiger partial charge in [-0.1, -0.05) is 44.4 Å². The van der Waals surface area contributed by atoms with Crippen molar-refractivity contribution >= 4 is 22.7 Å². The van der Waals surface area contributed by atoms with Crippen molar-refractivity contribution in [3.63, 3.8) is 0 Å². The molecule has 1 fully saturated rings. The summed E-state index contributed by atoms with van der Waals surface area (Å²) in [6.07, 6.45) is 8.97. The van der Waals surface area contributed by atoms with Gasteiger partial charge in [0.15, 0.2) is 0 Å². The molecule has 0 spiro atoms. The summed E-state index contributed by atoms with van der Waals surface area (Å²) in [7, 11) is 0. The van der Waals surface area contributed by atoms with Gasteiger partial charge >= 0.3 is 0 Å². The van der Waals surface area contributed by atoms with E-state index in [1.807, 2.05) is 41.0 Å². The van der Waals surface area contributed by atoms with E-state index in [0.29, 0.717) is 11.9 Å². The van der Waals surface area contributed by atoms with Gasteiger partial charge in [0.25, 0.3) is 5.56 Å². The summed E-state index contributed by atoms with van der Waals surface area (Å²) in [5.41, 5.74) is 1.69. The zero-order chi connectivity index (χ0) is 18.6. The van der Waals surface area contributed by atoms with Crippen molar-refractivity contribution < 1.29 is 0 Å². The number of fused-ring (bicyclic) bond motifs is 1. The summed E-state index contributed by atoms with van der Waals surface area (Å²) in [4.78, 5) is 22.0. The molecule has 0 radical (unpaired) electrons. The first-order valence-corrected chi connectivity index (χ1v) is 9.96. The molecule has 1 aliphatic rings. The Morgan fingerprint density at radius 2 is 1.89 bits per heavy atom. The molecule has 4 rings (SSSR count). The molecule has 0 amide bonds. The van der Waals surface area contributed by atoms with E-state index in [9.17, 15) is 4.79 Å². The van der Waals surface area contributed by atoms with Crippen LogP contribution in [0.4, 0.5) is 11.6 Å². The lowest BCUT2D eigenvalue weighted by molar-refractivity contribution is 0.243. The minimum atomic E-state index is 0.0317. The highest BCUT2D eigenvalue weighted by molar-refractivity contribution is 5.75. The molecule has 0 bridgehead atoms. The minimum absolute atomic E-state index is 0.0317. The van der Waals surface area contributed by atoms with Crippen LogP contribution in [0.1, 0.15) is 51.5 Å². The predicted octanol–water partition coefficient (Wildman–Crippen LogP) is 5.07. The van der Waals surface area contributed by atoms with E-state index in [1.54, 1.807) is 12.3 Å². The molecule has 5 nitrogen and oxygen atoms in total. The largest absolute Gasteiger partial charge is 0.324 e. The first-order chi connectivity index (χ1) is 13.3. The number of benzene rings is 1. The van der Waals surface area contributed by atoms with Gasteiger partial charge in [0.05, 0.1) is 0 Å². The molecule has 3 aromatic rings. The molecule has 1 atom stereocenters. The summed E-state index contributed by atoms with van der Waals surface area (Å²) in [6, 6.07) is 13.5. The molecule has 1 saturated carbocycles. The van der Waals surface area contributed by atoms with E-state index in [2.05, 4.69) is 17.2 Å². The second-order valence-corrected chi connectivity index (χ2v) is 7.38. The predicted molar refractivity (Wildman–Crippen MR) is 109 cm³/mol. The van der Waals surface area contributed by atoms with Crippen LogP contribution in [-0.2, 0) is 0 Å². The topological polar surface area (TPSA) is 59.8 Å². The van der Waals surface area contributed by atoms with Gasteiger partial charge in [-0.05, 0) is 43.4 Å². The minimum Gasteiger partial charge on any atom is -0.324 e. The molecular weight excluding hydrogens is 336 g/mol. The molecule has 1 unspecified atom stereocenters. The average molecular weight is 362 g/mol. The second-order valence-electron chi connectivity index (χ2n) is 7.38. The lowest BCUT2D eigenvalue weighted by atomic mass is 9.82. The smallest absolute Gasteiger partial charge is 0.252 e. The number of pyridine rings is 1. The van der Waals surface area contributed by atoms with Crippen LogP contribution in [0.15, 0.2) is 53.5 Å². The Kier molecular flexibility index (Phi) is 5.19. The Labute approximate surface area is 159 Å². The zero-order valence-electron chi connectivity index (χ0n) is 15.8. The molecule has 0 saturated heterocycles. The Bertz CT molecular complexity index is 961. The van der Waals surface area contributed by atoms with Crippen molar-refractivity contribution in [2.45, 2.75) is 51.5 Å². The number of aromatic nitrogens is 3. The van der Waals surface area contributed by atoms with Crippen LogP contribution in [-0.4, -0.2) is 14.5 Å². The van der Waals surface area contributed by atoms with Gasteiger partial charge in [0.1, 0.15) is 5.65 Å². The van der Waals surface area contributed by atoms with Crippen molar-refractivity contribution in [2.24, 2.45) is 5.92 Å². The quantitative estimate of drug-likeness (QED) is 0.689. The fourth-order valence-electron chi connectivity index (χ4n) is 4.32. The van der Waals surface area contributed by atoms with Crippen molar-refractivity contribution in [1.82, 2.24) is 14.5 Å². The van der Waals surface area contributed by atoms with E-state index in [1.165, 1.54) is 32.1 Å². The van der Waals surface area contributed by atoms with E-state index in [4.69, 9.17) is 4.98 Å². The van der Waals surface area contributed by atoms with E-state index in [-0.39, 0.29) is 11.6 Å². The maximum absolute atomic E-state index is 12.8. The molecule has 1 N–H and O–H groups in total. The lowest BCUT2D eigenvalue weighted by Gasteiger charge is -2.31. The zero-order valence-corrected chi connectivity index (χ0v) is 15.8. The molecular formula is C22H26N4O.